The fourth-order valence-electron chi connectivity index (χ4n) is 1.49. The topological polar surface area (TPSA) is 64.6 Å². The highest BCUT2D eigenvalue weighted by molar-refractivity contribution is 7.89. The minimum atomic E-state index is -4.09. The first-order valence-corrected chi connectivity index (χ1v) is 7.57. The molecule has 0 bridgehead atoms. The molecule has 8 heteroatoms. The predicted molar refractivity (Wildman–Crippen MR) is 68.6 cm³/mol. The van der Waals surface area contributed by atoms with Crippen molar-refractivity contribution in [2.24, 2.45) is 0 Å². The number of hydrogen-bond acceptors (Lipinski definition) is 4. The van der Waals surface area contributed by atoms with Crippen molar-refractivity contribution in [1.29, 1.82) is 0 Å². The van der Waals surface area contributed by atoms with E-state index in [1.54, 1.807) is 13.8 Å². The van der Waals surface area contributed by atoms with Crippen LogP contribution < -0.4 is 4.72 Å². The van der Waals surface area contributed by atoms with Gasteiger partial charge in [0.15, 0.2) is 6.29 Å². The van der Waals surface area contributed by atoms with Gasteiger partial charge in [-0.3, -0.25) is 0 Å². The molecule has 5 nitrogen and oxygen atoms in total. The van der Waals surface area contributed by atoms with E-state index in [1.165, 1.54) is 0 Å². The number of benzene rings is 1. The Morgan fingerprint density at radius 3 is 2.30 bits per heavy atom. The largest absolute Gasteiger partial charge is 0.352 e. The highest BCUT2D eigenvalue weighted by Gasteiger charge is 2.21. The molecule has 0 fully saturated rings. The SMILES string of the molecule is CCOC(CNS(=O)(=O)c1ccc(F)cc1F)OCC. The molecule has 1 aromatic rings. The molecule has 0 spiro atoms. The zero-order valence-electron chi connectivity index (χ0n) is 11.2. The van der Waals surface area contributed by atoms with Gasteiger partial charge in [-0.1, -0.05) is 0 Å². The molecule has 0 aliphatic heterocycles. The fraction of sp³-hybridized carbons (Fsp3) is 0.500. The molecular formula is C12H17F2NO4S. The third-order valence-electron chi connectivity index (χ3n) is 2.33. The van der Waals surface area contributed by atoms with E-state index in [1.807, 2.05) is 0 Å². The van der Waals surface area contributed by atoms with Gasteiger partial charge in [-0.25, -0.2) is 21.9 Å². The summed E-state index contributed by atoms with van der Waals surface area (Å²) in [4.78, 5) is -0.620. The maximum absolute atomic E-state index is 13.4. The standard InChI is InChI=1S/C12H17F2NO4S/c1-3-18-12(19-4-2)8-15-20(16,17)11-6-5-9(13)7-10(11)14/h5-7,12,15H,3-4,8H2,1-2H3. The van der Waals surface area contributed by atoms with Crippen molar-refractivity contribution in [2.45, 2.75) is 25.0 Å². The van der Waals surface area contributed by atoms with E-state index in [0.717, 1.165) is 12.1 Å². The Morgan fingerprint density at radius 1 is 1.20 bits per heavy atom. The molecule has 0 saturated heterocycles. The van der Waals surface area contributed by atoms with E-state index in [2.05, 4.69) is 4.72 Å². The van der Waals surface area contributed by atoms with E-state index in [0.29, 0.717) is 19.3 Å². The Morgan fingerprint density at radius 2 is 1.80 bits per heavy atom. The van der Waals surface area contributed by atoms with Crippen LogP contribution in [-0.4, -0.2) is 34.5 Å². The minimum Gasteiger partial charge on any atom is -0.352 e. The van der Waals surface area contributed by atoms with Gasteiger partial charge >= 0.3 is 0 Å². The second kappa shape index (κ2) is 7.63. The van der Waals surface area contributed by atoms with E-state index < -0.39 is 32.8 Å². The summed E-state index contributed by atoms with van der Waals surface area (Å²) < 4.78 is 62.5. The average Bonchev–Trinajstić information content (AvgIpc) is 2.36. The smallest absolute Gasteiger partial charge is 0.243 e. The summed E-state index contributed by atoms with van der Waals surface area (Å²) in [6.45, 7) is 4.00. The normalized spacial score (nSPS) is 12.1. The monoisotopic (exact) mass is 309 g/mol. The van der Waals surface area contributed by atoms with Crippen LogP contribution in [0.5, 0.6) is 0 Å². The lowest BCUT2D eigenvalue weighted by Crippen LogP contribution is -2.35. The number of halogens is 2. The van der Waals surface area contributed by atoms with Crippen molar-refractivity contribution in [2.75, 3.05) is 19.8 Å². The predicted octanol–water partition coefficient (Wildman–Crippen LogP) is 1.64. The molecular weight excluding hydrogens is 292 g/mol. The van der Waals surface area contributed by atoms with Crippen molar-refractivity contribution in [1.82, 2.24) is 4.72 Å². The van der Waals surface area contributed by atoms with Crippen molar-refractivity contribution in [3.05, 3.63) is 29.8 Å². The van der Waals surface area contributed by atoms with Crippen LogP contribution in [0.25, 0.3) is 0 Å². The van der Waals surface area contributed by atoms with E-state index in [9.17, 15) is 17.2 Å². The van der Waals surface area contributed by atoms with Gasteiger partial charge in [0, 0.05) is 19.3 Å². The highest BCUT2D eigenvalue weighted by atomic mass is 32.2. The first-order chi connectivity index (χ1) is 9.40. The molecule has 20 heavy (non-hydrogen) atoms. The maximum atomic E-state index is 13.4. The Labute approximate surface area is 116 Å². The van der Waals surface area contributed by atoms with Gasteiger partial charge in [0.05, 0.1) is 6.54 Å². The summed E-state index contributed by atoms with van der Waals surface area (Å²) in [5.41, 5.74) is 0. The summed E-state index contributed by atoms with van der Waals surface area (Å²) in [6, 6.07) is 2.25. The average molecular weight is 309 g/mol. The summed E-state index contributed by atoms with van der Waals surface area (Å²) in [7, 11) is -4.09. The summed E-state index contributed by atoms with van der Waals surface area (Å²) in [6.07, 6.45) is -0.761. The van der Waals surface area contributed by atoms with Crippen LogP contribution >= 0.6 is 0 Å². The van der Waals surface area contributed by atoms with E-state index in [4.69, 9.17) is 9.47 Å². The highest BCUT2D eigenvalue weighted by Crippen LogP contribution is 2.15. The zero-order valence-corrected chi connectivity index (χ0v) is 12.0. The van der Waals surface area contributed by atoms with Crippen LogP contribution in [-0.2, 0) is 19.5 Å². The Kier molecular flexibility index (Phi) is 6.47. The second-order valence-electron chi connectivity index (χ2n) is 3.77. The van der Waals surface area contributed by atoms with Crippen molar-refractivity contribution >= 4 is 10.0 Å². The summed E-state index contributed by atoms with van der Waals surface area (Å²) >= 11 is 0. The Hall–Kier alpha value is -1.09. The van der Waals surface area contributed by atoms with E-state index in [-0.39, 0.29) is 6.54 Å². The van der Waals surface area contributed by atoms with Crippen molar-refractivity contribution < 1.29 is 26.7 Å². The third-order valence-corrected chi connectivity index (χ3v) is 3.79. The number of hydrogen-bond donors (Lipinski definition) is 1. The lowest BCUT2D eigenvalue weighted by Gasteiger charge is -2.17. The Balaban J connectivity index is 2.78. The van der Waals surface area contributed by atoms with Gasteiger partial charge in [-0.2, -0.15) is 0 Å². The molecule has 0 saturated carbocycles. The molecule has 1 rings (SSSR count). The van der Waals surface area contributed by atoms with Crippen LogP contribution in [0.2, 0.25) is 0 Å². The maximum Gasteiger partial charge on any atom is 0.243 e. The van der Waals surface area contributed by atoms with Crippen LogP contribution in [0.1, 0.15) is 13.8 Å². The molecule has 0 aliphatic rings. The second-order valence-corrected chi connectivity index (χ2v) is 5.50. The van der Waals surface area contributed by atoms with Gasteiger partial charge in [0.2, 0.25) is 10.0 Å². The molecule has 1 N–H and O–H groups in total. The lowest BCUT2D eigenvalue weighted by molar-refractivity contribution is -0.130. The van der Waals surface area contributed by atoms with Gasteiger partial charge < -0.3 is 9.47 Å². The van der Waals surface area contributed by atoms with Crippen LogP contribution in [0.4, 0.5) is 8.78 Å². The third kappa shape index (κ3) is 4.78. The van der Waals surface area contributed by atoms with Gasteiger partial charge in [-0.05, 0) is 26.0 Å². The quantitative estimate of drug-likeness (QED) is 0.742. The molecule has 0 radical (unpaired) electrons. The number of rotatable bonds is 8. The van der Waals surface area contributed by atoms with Crippen LogP contribution in [0.15, 0.2) is 23.1 Å². The number of ether oxygens (including phenoxy) is 2. The molecule has 0 heterocycles. The van der Waals surface area contributed by atoms with Crippen molar-refractivity contribution in [3.8, 4) is 0 Å². The summed E-state index contributed by atoms with van der Waals surface area (Å²) in [5, 5.41) is 0. The zero-order chi connectivity index (χ0) is 15.2. The van der Waals surface area contributed by atoms with Crippen LogP contribution in [0, 0.1) is 11.6 Å². The minimum absolute atomic E-state index is 0.166. The summed E-state index contributed by atoms with van der Waals surface area (Å²) in [5.74, 6) is -2.00. The lowest BCUT2D eigenvalue weighted by atomic mass is 10.3. The van der Waals surface area contributed by atoms with Gasteiger partial charge in [0.1, 0.15) is 16.5 Å². The molecule has 114 valence electrons. The number of nitrogens with one attached hydrogen (secondary N) is 1. The number of sulfonamides is 1. The molecule has 1 aromatic carbocycles. The molecule has 0 amide bonds. The Bertz CT molecular complexity index is 530. The van der Waals surface area contributed by atoms with Gasteiger partial charge in [-0.15, -0.1) is 0 Å². The van der Waals surface area contributed by atoms with Crippen LogP contribution in [0.3, 0.4) is 0 Å². The molecule has 0 aromatic heterocycles. The van der Waals surface area contributed by atoms with Crippen molar-refractivity contribution in [3.63, 3.8) is 0 Å². The van der Waals surface area contributed by atoms with Gasteiger partial charge in [0.25, 0.3) is 0 Å². The molecule has 0 aliphatic carbocycles. The van der Waals surface area contributed by atoms with E-state index >= 15 is 0 Å². The fourth-order valence-corrected chi connectivity index (χ4v) is 2.56. The first kappa shape index (κ1) is 17.0. The molecule has 0 unspecified atom stereocenters. The molecule has 0 atom stereocenters. The first-order valence-electron chi connectivity index (χ1n) is 6.08.